The number of para-hydroxylation sites is 2. The van der Waals surface area contributed by atoms with Crippen LogP contribution in [-0.2, 0) is 17.9 Å². The van der Waals surface area contributed by atoms with Crippen molar-refractivity contribution in [3.63, 3.8) is 0 Å². The molecular weight excluding hydrogens is 364 g/mol. The Labute approximate surface area is 160 Å². The van der Waals surface area contributed by atoms with E-state index in [0.717, 1.165) is 35.9 Å². The first kappa shape index (κ1) is 17.9. The molecule has 1 aliphatic rings. The van der Waals surface area contributed by atoms with Crippen molar-refractivity contribution in [3.8, 4) is 0 Å². The van der Waals surface area contributed by atoms with Crippen LogP contribution in [0.25, 0.3) is 11.1 Å². The van der Waals surface area contributed by atoms with Crippen molar-refractivity contribution < 1.29 is 9.21 Å². The average Bonchev–Trinajstić information content (AvgIpc) is 3.22. The molecule has 0 aliphatic carbocycles. The summed E-state index contributed by atoms with van der Waals surface area (Å²) in [5.41, 5.74) is 2.39. The Morgan fingerprint density at radius 2 is 2.00 bits per heavy atom. The zero-order valence-corrected chi connectivity index (χ0v) is 16.1. The summed E-state index contributed by atoms with van der Waals surface area (Å²) in [6.07, 6.45) is 0.300. The van der Waals surface area contributed by atoms with Gasteiger partial charge in [-0.2, -0.15) is 0 Å². The number of hydrogen-bond acceptors (Lipinski definition) is 6. The second-order valence-corrected chi connectivity index (χ2v) is 7.81. The maximum Gasteiger partial charge on any atom is 0.419 e. The Bertz CT molecular complexity index is 998. The molecule has 0 saturated carbocycles. The van der Waals surface area contributed by atoms with E-state index in [-0.39, 0.29) is 5.91 Å². The van der Waals surface area contributed by atoms with E-state index < -0.39 is 5.76 Å². The fourth-order valence-electron chi connectivity index (χ4n) is 3.46. The SMILES string of the molecule is Cc1nc(CN2CCN(C(=O)CCn3c(=O)oc4ccccc43)CC2)cs1. The van der Waals surface area contributed by atoms with Gasteiger partial charge in [0.15, 0.2) is 5.58 Å². The first-order valence-corrected chi connectivity index (χ1v) is 9.97. The van der Waals surface area contributed by atoms with E-state index >= 15 is 0 Å². The number of aromatic nitrogens is 2. The van der Waals surface area contributed by atoms with E-state index in [0.29, 0.717) is 31.6 Å². The monoisotopic (exact) mass is 386 g/mol. The fourth-order valence-corrected chi connectivity index (χ4v) is 4.06. The molecule has 8 heteroatoms. The Morgan fingerprint density at radius 3 is 2.74 bits per heavy atom. The topological polar surface area (TPSA) is 71.6 Å². The number of thiazole rings is 1. The minimum Gasteiger partial charge on any atom is -0.408 e. The van der Waals surface area contributed by atoms with Crippen molar-refractivity contribution in [2.24, 2.45) is 0 Å². The maximum atomic E-state index is 12.6. The molecule has 0 unspecified atom stereocenters. The second-order valence-electron chi connectivity index (χ2n) is 6.75. The lowest BCUT2D eigenvalue weighted by Gasteiger charge is -2.34. The summed E-state index contributed by atoms with van der Waals surface area (Å²) in [5.74, 6) is -0.330. The highest BCUT2D eigenvalue weighted by Crippen LogP contribution is 2.14. The van der Waals surface area contributed by atoms with Crippen molar-refractivity contribution in [1.29, 1.82) is 0 Å². The molecule has 3 aromatic rings. The van der Waals surface area contributed by atoms with Crippen LogP contribution >= 0.6 is 11.3 Å². The molecule has 1 amide bonds. The molecule has 1 aromatic carbocycles. The summed E-state index contributed by atoms with van der Waals surface area (Å²) >= 11 is 1.67. The van der Waals surface area contributed by atoms with Gasteiger partial charge in [0.1, 0.15) is 0 Å². The molecular formula is C19H22N4O3S. The Balaban J connectivity index is 1.30. The predicted octanol–water partition coefficient (Wildman–Crippen LogP) is 2.09. The van der Waals surface area contributed by atoms with Gasteiger partial charge in [0, 0.05) is 51.1 Å². The number of carbonyl (C=O) groups is 1. The smallest absolute Gasteiger partial charge is 0.408 e. The van der Waals surface area contributed by atoms with Gasteiger partial charge in [0.05, 0.1) is 16.2 Å². The maximum absolute atomic E-state index is 12.6. The third kappa shape index (κ3) is 3.96. The standard InChI is InChI=1S/C19H22N4O3S/c1-14-20-15(13-27-14)12-21-8-10-22(11-9-21)18(24)6-7-23-16-4-2-3-5-17(16)26-19(23)25/h2-5,13H,6-12H2,1H3. The quantitative estimate of drug-likeness (QED) is 0.671. The van der Waals surface area contributed by atoms with Crippen molar-refractivity contribution in [2.75, 3.05) is 26.2 Å². The molecule has 1 saturated heterocycles. The van der Waals surface area contributed by atoms with Crippen LogP contribution in [0.2, 0.25) is 0 Å². The molecule has 0 atom stereocenters. The third-order valence-electron chi connectivity index (χ3n) is 4.90. The van der Waals surface area contributed by atoms with Crippen molar-refractivity contribution in [2.45, 2.75) is 26.4 Å². The van der Waals surface area contributed by atoms with E-state index in [1.807, 2.05) is 30.0 Å². The molecule has 3 heterocycles. The number of aryl methyl sites for hydroxylation is 2. The van der Waals surface area contributed by atoms with Gasteiger partial charge in [-0.1, -0.05) is 12.1 Å². The molecule has 0 radical (unpaired) electrons. The van der Waals surface area contributed by atoms with Crippen LogP contribution in [0.15, 0.2) is 38.9 Å². The molecule has 0 N–H and O–H groups in total. The molecule has 27 heavy (non-hydrogen) atoms. The highest BCUT2D eigenvalue weighted by molar-refractivity contribution is 7.09. The summed E-state index contributed by atoms with van der Waals surface area (Å²) in [4.78, 5) is 33.3. The van der Waals surface area contributed by atoms with Crippen LogP contribution in [0.3, 0.4) is 0 Å². The van der Waals surface area contributed by atoms with E-state index in [2.05, 4.69) is 15.3 Å². The molecule has 1 fully saturated rings. The van der Waals surface area contributed by atoms with Crippen LogP contribution in [0.1, 0.15) is 17.1 Å². The van der Waals surface area contributed by atoms with Gasteiger partial charge in [-0.3, -0.25) is 14.3 Å². The van der Waals surface area contributed by atoms with E-state index in [1.165, 1.54) is 4.57 Å². The average molecular weight is 386 g/mol. The van der Waals surface area contributed by atoms with Crippen LogP contribution < -0.4 is 5.76 Å². The first-order valence-electron chi connectivity index (χ1n) is 9.09. The van der Waals surface area contributed by atoms with E-state index in [9.17, 15) is 9.59 Å². The summed E-state index contributed by atoms with van der Waals surface area (Å²) in [5, 5.41) is 3.18. The number of hydrogen-bond donors (Lipinski definition) is 0. The summed E-state index contributed by atoms with van der Waals surface area (Å²) in [6, 6.07) is 7.29. The van der Waals surface area contributed by atoms with Crippen LogP contribution in [0.4, 0.5) is 0 Å². The van der Waals surface area contributed by atoms with Gasteiger partial charge < -0.3 is 9.32 Å². The number of oxazole rings is 1. The van der Waals surface area contributed by atoms with Gasteiger partial charge in [-0.05, 0) is 19.1 Å². The van der Waals surface area contributed by atoms with Gasteiger partial charge in [0.2, 0.25) is 5.91 Å². The molecule has 0 bridgehead atoms. The number of fused-ring (bicyclic) bond motifs is 1. The predicted molar refractivity (Wildman–Crippen MR) is 104 cm³/mol. The fraction of sp³-hybridized carbons (Fsp3) is 0.421. The van der Waals surface area contributed by atoms with Crippen molar-refractivity contribution in [3.05, 3.63) is 50.9 Å². The summed E-state index contributed by atoms with van der Waals surface area (Å²) in [6.45, 7) is 6.30. The molecule has 2 aromatic heterocycles. The Kier molecular flexibility index (Phi) is 5.09. The minimum atomic E-state index is -0.410. The zero-order valence-electron chi connectivity index (χ0n) is 15.3. The lowest BCUT2D eigenvalue weighted by Crippen LogP contribution is -2.48. The second kappa shape index (κ2) is 7.66. The van der Waals surface area contributed by atoms with Gasteiger partial charge in [-0.25, -0.2) is 9.78 Å². The Morgan fingerprint density at radius 1 is 1.22 bits per heavy atom. The Hall–Kier alpha value is -2.45. The molecule has 1 aliphatic heterocycles. The van der Waals surface area contributed by atoms with E-state index in [4.69, 9.17) is 4.42 Å². The number of benzene rings is 1. The molecule has 142 valence electrons. The van der Waals surface area contributed by atoms with Gasteiger partial charge in [0.25, 0.3) is 0 Å². The molecule has 4 rings (SSSR count). The number of rotatable bonds is 5. The third-order valence-corrected chi connectivity index (χ3v) is 5.72. The largest absolute Gasteiger partial charge is 0.419 e. The van der Waals surface area contributed by atoms with Crippen LogP contribution in [0, 0.1) is 6.92 Å². The highest BCUT2D eigenvalue weighted by atomic mass is 32.1. The molecule has 0 spiro atoms. The normalized spacial score (nSPS) is 15.5. The zero-order chi connectivity index (χ0) is 18.8. The van der Waals surface area contributed by atoms with E-state index in [1.54, 1.807) is 17.4 Å². The van der Waals surface area contributed by atoms with Gasteiger partial charge >= 0.3 is 5.76 Å². The van der Waals surface area contributed by atoms with Crippen molar-refractivity contribution in [1.82, 2.24) is 19.4 Å². The number of amides is 1. The minimum absolute atomic E-state index is 0.0799. The van der Waals surface area contributed by atoms with Crippen molar-refractivity contribution >= 4 is 28.3 Å². The lowest BCUT2D eigenvalue weighted by atomic mass is 10.2. The number of carbonyl (C=O) groups excluding carboxylic acids is 1. The van der Waals surface area contributed by atoms with Crippen LogP contribution in [-0.4, -0.2) is 51.4 Å². The lowest BCUT2D eigenvalue weighted by molar-refractivity contribution is -0.133. The summed E-state index contributed by atoms with van der Waals surface area (Å²) < 4.78 is 6.76. The first-order chi connectivity index (χ1) is 13.1. The number of nitrogens with zero attached hydrogens (tertiary/aromatic N) is 4. The summed E-state index contributed by atoms with van der Waals surface area (Å²) in [7, 11) is 0. The van der Waals surface area contributed by atoms with Crippen LogP contribution in [0.5, 0.6) is 0 Å². The highest BCUT2D eigenvalue weighted by Gasteiger charge is 2.22. The van der Waals surface area contributed by atoms with Gasteiger partial charge in [-0.15, -0.1) is 11.3 Å². The number of piperazine rings is 1. The molecule has 7 nitrogen and oxygen atoms in total.